The molecule has 1 aliphatic heterocycles. The van der Waals surface area contributed by atoms with E-state index < -0.39 is 0 Å². The quantitative estimate of drug-likeness (QED) is 0.650. The first-order valence-corrected chi connectivity index (χ1v) is 4.54. The molecule has 3 heteroatoms. The topological polar surface area (TPSA) is 41.5 Å². The Labute approximate surface area is 77.2 Å². The third-order valence-electron chi connectivity index (χ3n) is 2.41. The van der Waals surface area contributed by atoms with Gasteiger partial charge in [0.1, 0.15) is 0 Å². The van der Waals surface area contributed by atoms with E-state index in [4.69, 9.17) is 0 Å². The Balaban J connectivity index is 2.30. The molecule has 3 nitrogen and oxygen atoms in total. The van der Waals surface area contributed by atoms with E-state index in [-0.39, 0.29) is 6.03 Å². The zero-order valence-electron chi connectivity index (χ0n) is 7.63. The molecule has 0 radical (unpaired) electrons. The number of fused-ring (bicyclic) bond motifs is 1. The van der Waals surface area contributed by atoms with Crippen molar-refractivity contribution in [1.82, 2.24) is 5.32 Å². The van der Waals surface area contributed by atoms with E-state index in [1.807, 2.05) is 0 Å². The summed E-state index contributed by atoms with van der Waals surface area (Å²) in [5, 5.41) is 2.69. The molecule has 0 spiro atoms. The number of urea groups is 1. The lowest BCUT2D eigenvalue weighted by molar-refractivity contribution is 0.249. The highest BCUT2D eigenvalue weighted by molar-refractivity contribution is 6.10. The van der Waals surface area contributed by atoms with Crippen molar-refractivity contribution < 1.29 is 4.79 Å². The number of carbonyl (C=O) groups is 1. The van der Waals surface area contributed by atoms with Crippen molar-refractivity contribution >= 4 is 11.7 Å². The largest absolute Gasteiger partial charge is 0.341 e. The minimum Gasteiger partial charge on any atom is -0.332 e. The Hall–Kier alpha value is -1.38. The highest BCUT2D eigenvalue weighted by Gasteiger charge is 2.18. The fraction of sp³-hybridized carbons (Fsp3) is 0.400. The number of amides is 2. The normalized spacial score (nSPS) is 21.0. The Morgan fingerprint density at radius 3 is 3.15 bits per heavy atom. The molecule has 0 saturated carbocycles. The van der Waals surface area contributed by atoms with Crippen molar-refractivity contribution in [1.29, 1.82) is 0 Å². The van der Waals surface area contributed by atoms with Crippen molar-refractivity contribution in [3.8, 4) is 0 Å². The van der Waals surface area contributed by atoms with Gasteiger partial charge in [-0.25, -0.2) is 4.79 Å². The molecule has 0 atom stereocenters. The van der Waals surface area contributed by atoms with Gasteiger partial charge in [0, 0.05) is 13.0 Å². The number of carbonyl (C=O) groups excluding carboxylic acids is 1. The van der Waals surface area contributed by atoms with E-state index >= 15 is 0 Å². The Morgan fingerprint density at radius 1 is 1.54 bits per heavy atom. The predicted molar refractivity (Wildman–Crippen MR) is 51.9 cm³/mol. The van der Waals surface area contributed by atoms with Crippen LogP contribution in [0.25, 0.3) is 0 Å². The van der Waals surface area contributed by atoms with Crippen molar-refractivity contribution in [3.63, 3.8) is 0 Å². The lowest BCUT2D eigenvalue weighted by Crippen LogP contribution is -2.32. The summed E-state index contributed by atoms with van der Waals surface area (Å²) >= 11 is 0. The lowest BCUT2D eigenvalue weighted by atomic mass is 9.94. The van der Waals surface area contributed by atoms with Gasteiger partial charge < -0.3 is 5.32 Å². The van der Waals surface area contributed by atoms with Crippen molar-refractivity contribution in [2.24, 2.45) is 4.99 Å². The molecular weight excluding hydrogens is 164 g/mol. The van der Waals surface area contributed by atoms with E-state index in [0.29, 0.717) is 6.54 Å². The van der Waals surface area contributed by atoms with E-state index in [1.165, 1.54) is 5.57 Å². The van der Waals surface area contributed by atoms with Crippen molar-refractivity contribution in [2.45, 2.75) is 19.8 Å². The summed E-state index contributed by atoms with van der Waals surface area (Å²) in [6, 6.07) is -0.204. The van der Waals surface area contributed by atoms with Crippen LogP contribution in [0.4, 0.5) is 4.79 Å². The summed E-state index contributed by atoms with van der Waals surface area (Å²) in [6.07, 6.45) is 6.06. The fourth-order valence-corrected chi connectivity index (χ4v) is 1.55. The SMILES string of the molecule is CCC1=CC=C2CNC(=O)N=C2C1. The summed E-state index contributed by atoms with van der Waals surface area (Å²) in [4.78, 5) is 14.9. The van der Waals surface area contributed by atoms with Gasteiger partial charge in [0.25, 0.3) is 0 Å². The number of hydrogen-bond donors (Lipinski definition) is 1. The maximum Gasteiger partial charge on any atom is 0.341 e. The van der Waals surface area contributed by atoms with Crippen molar-refractivity contribution in [2.75, 3.05) is 6.54 Å². The third kappa shape index (κ3) is 1.54. The molecule has 0 fully saturated rings. The van der Waals surface area contributed by atoms with Crippen molar-refractivity contribution in [3.05, 3.63) is 23.3 Å². The minimum atomic E-state index is -0.204. The second kappa shape index (κ2) is 3.17. The van der Waals surface area contributed by atoms with Gasteiger partial charge in [0.05, 0.1) is 5.71 Å². The summed E-state index contributed by atoms with van der Waals surface area (Å²) in [5.74, 6) is 0. The molecule has 0 aromatic heterocycles. The van der Waals surface area contributed by atoms with E-state index in [2.05, 4.69) is 29.4 Å². The molecule has 1 aliphatic carbocycles. The average molecular weight is 176 g/mol. The van der Waals surface area contributed by atoms with Crippen LogP contribution in [-0.4, -0.2) is 18.3 Å². The first kappa shape index (κ1) is 8.23. The number of aliphatic imine (C=N–C) groups is 1. The van der Waals surface area contributed by atoms with Crippen LogP contribution >= 0.6 is 0 Å². The second-order valence-electron chi connectivity index (χ2n) is 3.26. The molecule has 1 N–H and O–H groups in total. The van der Waals surface area contributed by atoms with Crippen LogP contribution in [0.1, 0.15) is 19.8 Å². The summed E-state index contributed by atoms with van der Waals surface area (Å²) in [6.45, 7) is 2.75. The smallest absolute Gasteiger partial charge is 0.332 e. The van der Waals surface area contributed by atoms with Gasteiger partial charge in [-0.3, -0.25) is 0 Å². The van der Waals surface area contributed by atoms with Crippen LogP contribution in [0.15, 0.2) is 28.3 Å². The van der Waals surface area contributed by atoms with Crippen LogP contribution in [0.2, 0.25) is 0 Å². The number of nitrogens with zero attached hydrogens (tertiary/aromatic N) is 1. The first-order chi connectivity index (χ1) is 6.29. The highest BCUT2D eigenvalue weighted by atomic mass is 16.2. The van der Waals surface area contributed by atoms with Gasteiger partial charge in [0.2, 0.25) is 0 Å². The molecule has 2 aliphatic rings. The molecule has 0 bridgehead atoms. The standard InChI is InChI=1S/C10H12N2O/c1-2-7-3-4-8-6-11-10(13)12-9(8)5-7/h3-4H,2,5-6H2,1H3,(H,11,13). The molecule has 0 aromatic rings. The zero-order valence-corrected chi connectivity index (χ0v) is 7.63. The Morgan fingerprint density at radius 2 is 2.38 bits per heavy atom. The maximum absolute atomic E-state index is 11.0. The predicted octanol–water partition coefficient (Wildman–Crippen LogP) is 1.82. The lowest BCUT2D eigenvalue weighted by Gasteiger charge is -2.20. The molecule has 2 rings (SSSR count). The fourth-order valence-electron chi connectivity index (χ4n) is 1.55. The van der Waals surface area contributed by atoms with E-state index in [0.717, 1.165) is 24.1 Å². The summed E-state index contributed by atoms with van der Waals surface area (Å²) < 4.78 is 0. The van der Waals surface area contributed by atoms with Gasteiger partial charge in [-0.1, -0.05) is 24.6 Å². The Kier molecular flexibility index (Phi) is 2.00. The Bertz CT molecular complexity index is 337. The van der Waals surface area contributed by atoms with Gasteiger partial charge in [-0.15, -0.1) is 0 Å². The van der Waals surface area contributed by atoms with E-state index in [9.17, 15) is 4.79 Å². The van der Waals surface area contributed by atoms with Crippen LogP contribution in [0.5, 0.6) is 0 Å². The minimum absolute atomic E-state index is 0.204. The first-order valence-electron chi connectivity index (χ1n) is 4.54. The third-order valence-corrected chi connectivity index (χ3v) is 2.41. The van der Waals surface area contributed by atoms with Crippen LogP contribution < -0.4 is 5.32 Å². The molecule has 13 heavy (non-hydrogen) atoms. The summed E-state index contributed by atoms with van der Waals surface area (Å²) in [7, 11) is 0. The summed E-state index contributed by atoms with van der Waals surface area (Å²) in [5.41, 5.74) is 3.44. The monoisotopic (exact) mass is 176 g/mol. The number of rotatable bonds is 1. The molecular formula is C10H12N2O. The van der Waals surface area contributed by atoms with Gasteiger partial charge in [-0.2, -0.15) is 4.99 Å². The van der Waals surface area contributed by atoms with Gasteiger partial charge >= 0.3 is 6.03 Å². The van der Waals surface area contributed by atoms with Crippen LogP contribution in [-0.2, 0) is 0 Å². The molecule has 1 heterocycles. The second-order valence-corrected chi connectivity index (χ2v) is 3.26. The van der Waals surface area contributed by atoms with Gasteiger partial charge in [-0.05, 0) is 12.0 Å². The van der Waals surface area contributed by atoms with Gasteiger partial charge in [0.15, 0.2) is 0 Å². The molecule has 0 aromatic carbocycles. The van der Waals surface area contributed by atoms with E-state index in [1.54, 1.807) is 0 Å². The molecule has 0 saturated heterocycles. The van der Waals surface area contributed by atoms with Crippen LogP contribution in [0, 0.1) is 0 Å². The number of nitrogens with one attached hydrogen (secondary N) is 1. The average Bonchev–Trinajstić information content (AvgIpc) is 2.16. The van der Waals surface area contributed by atoms with Crippen LogP contribution in [0.3, 0.4) is 0 Å². The number of hydrogen-bond acceptors (Lipinski definition) is 1. The maximum atomic E-state index is 11.0. The molecule has 2 amide bonds. The number of allylic oxidation sites excluding steroid dienone is 3. The molecule has 68 valence electrons. The zero-order chi connectivity index (χ0) is 9.26. The molecule has 0 unspecified atom stereocenters. The highest BCUT2D eigenvalue weighted by Crippen LogP contribution is 2.20.